The lowest BCUT2D eigenvalue weighted by atomic mass is 9.85. The number of amides is 1. The van der Waals surface area contributed by atoms with E-state index in [4.69, 9.17) is 22.8 Å². The SMILES string of the molecule is CCOP(=O)(OCC)C(C(=O)[C@H](Cc1cc(OC)n(C)n1)NC(=O)O)(C(C)(C)C)P(=O)(OCC)OCC. The molecule has 0 aromatic carbocycles. The summed E-state index contributed by atoms with van der Waals surface area (Å²) in [6, 6.07) is -0.0578. The van der Waals surface area contributed by atoms with Crippen LogP contribution < -0.4 is 10.1 Å². The summed E-state index contributed by atoms with van der Waals surface area (Å²) in [6.45, 7) is 10.1. The summed E-state index contributed by atoms with van der Waals surface area (Å²) >= 11 is 0. The number of aromatic nitrogens is 2. The Hall–Kier alpha value is -1.75. The topological polar surface area (TPSA) is 165 Å². The van der Waals surface area contributed by atoms with Crippen LogP contribution in [0.25, 0.3) is 0 Å². The number of carboxylic acid groups (broad SMARTS) is 1. The van der Waals surface area contributed by atoms with Gasteiger partial charge in [0.05, 0.1) is 45.3 Å². The highest BCUT2D eigenvalue weighted by Crippen LogP contribution is 2.83. The molecule has 1 aromatic rings. The third kappa shape index (κ3) is 6.64. The molecule has 0 aliphatic rings. The first-order chi connectivity index (χ1) is 17.1. The van der Waals surface area contributed by atoms with Crippen molar-refractivity contribution < 1.29 is 46.7 Å². The molecule has 0 spiro atoms. The molecule has 2 N–H and O–H groups in total. The second-order valence-corrected chi connectivity index (χ2v) is 13.7. The van der Waals surface area contributed by atoms with E-state index in [-0.39, 0.29) is 32.8 Å². The first-order valence-corrected chi connectivity index (χ1v) is 15.1. The van der Waals surface area contributed by atoms with Crippen molar-refractivity contribution in [3.05, 3.63) is 11.8 Å². The van der Waals surface area contributed by atoms with Crippen molar-refractivity contribution in [1.82, 2.24) is 15.1 Å². The monoisotopic (exact) mass is 569 g/mol. The number of rotatable bonds is 16. The molecule has 214 valence electrons. The molecule has 0 radical (unpaired) electrons. The van der Waals surface area contributed by atoms with E-state index in [1.54, 1.807) is 34.7 Å². The van der Waals surface area contributed by atoms with Crippen LogP contribution in [-0.2, 0) is 45.5 Å². The van der Waals surface area contributed by atoms with E-state index < -0.39 is 43.4 Å². The Morgan fingerprint density at radius 3 is 1.73 bits per heavy atom. The van der Waals surface area contributed by atoms with Gasteiger partial charge in [-0.15, -0.1) is 0 Å². The quantitative estimate of drug-likeness (QED) is 0.270. The van der Waals surface area contributed by atoms with Crippen LogP contribution in [0.3, 0.4) is 0 Å². The van der Waals surface area contributed by atoms with Crippen LogP contribution in [0.2, 0.25) is 0 Å². The molecular formula is C22H41N3O10P2. The number of Topliss-reactive ketones (excluding diaryl/α,β-unsaturated/α-hetero) is 1. The predicted molar refractivity (Wildman–Crippen MR) is 137 cm³/mol. The molecule has 13 nitrogen and oxygen atoms in total. The predicted octanol–water partition coefficient (Wildman–Crippen LogP) is 4.45. The molecule has 0 aliphatic heterocycles. The van der Waals surface area contributed by atoms with Crippen LogP contribution in [0.15, 0.2) is 6.07 Å². The number of nitrogens with zero attached hydrogens (tertiary/aromatic N) is 2. The number of ketones is 1. The van der Waals surface area contributed by atoms with Gasteiger partial charge in [-0.1, -0.05) is 20.8 Å². The molecule has 1 atom stereocenters. The summed E-state index contributed by atoms with van der Waals surface area (Å²) < 4.78 is 58.5. The number of methoxy groups -OCH3 is 1. The van der Waals surface area contributed by atoms with Crippen molar-refractivity contribution in [2.24, 2.45) is 12.5 Å². The fraction of sp³-hybridized carbons (Fsp3) is 0.773. The van der Waals surface area contributed by atoms with E-state index >= 15 is 0 Å². The lowest BCUT2D eigenvalue weighted by Gasteiger charge is -2.49. The minimum atomic E-state index is -4.68. The first kappa shape index (κ1) is 33.3. The average Bonchev–Trinajstić information content (AvgIpc) is 3.11. The molecule has 0 fully saturated rings. The molecule has 1 aromatic heterocycles. The van der Waals surface area contributed by atoms with Crippen LogP contribution in [-0.4, -0.2) is 71.2 Å². The molecule has 1 heterocycles. The summed E-state index contributed by atoms with van der Waals surface area (Å²) in [7, 11) is -6.31. The Labute approximate surface area is 218 Å². The highest BCUT2D eigenvalue weighted by Gasteiger charge is 2.76. The number of hydrogen-bond donors (Lipinski definition) is 2. The highest BCUT2D eigenvalue weighted by molar-refractivity contribution is 7.76. The first-order valence-electron chi connectivity index (χ1n) is 12.0. The molecule has 0 saturated heterocycles. The number of hydrogen-bond acceptors (Lipinski definition) is 10. The van der Waals surface area contributed by atoms with E-state index in [0.717, 1.165) is 0 Å². The zero-order valence-electron chi connectivity index (χ0n) is 23.1. The number of nitrogens with one attached hydrogen (secondary N) is 1. The van der Waals surface area contributed by atoms with Gasteiger partial charge in [-0.3, -0.25) is 13.9 Å². The maximum absolute atomic E-state index is 14.7. The zero-order valence-corrected chi connectivity index (χ0v) is 24.9. The standard InChI is InChI=1S/C22H41N3O10P2/c1-10-32-36(29,33-11-2)22(21(5,6)7,37(30,34-12-3)35-13-4)19(26)17(23-20(27)28)14-16-15-18(31-9)25(8)24-16/h15,17,23H,10-14H2,1-9H3,(H,27,28)/t17-/m0/s1. The van der Waals surface area contributed by atoms with E-state index in [9.17, 15) is 23.8 Å². The highest BCUT2D eigenvalue weighted by atomic mass is 31.2. The number of carbonyl (C=O) groups excluding carboxylic acids is 1. The van der Waals surface area contributed by atoms with Crippen molar-refractivity contribution in [2.45, 2.75) is 65.8 Å². The van der Waals surface area contributed by atoms with Crippen molar-refractivity contribution in [1.29, 1.82) is 0 Å². The average molecular weight is 570 g/mol. The molecule has 1 amide bonds. The van der Waals surface area contributed by atoms with Crippen molar-refractivity contribution in [2.75, 3.05) is 33.5 Å². The Morgan fingerprint density at radius 2 is 1.43 bits per heavy atom. The van der Waals surface area contributed by atoms with Crippen molar-refractivity contribution >= 4 is 27.1 Å². The third-order valence-corrected chi connectivity index (χ3v) is 12.7. The molecular weight excluding hydrogens is 528 g/mol. The van der Waals surface area contributed by atoms with Gasteiger partial charge in [0.25, 0.3) is 0 Å². The van der Waals surface area contributed by atoms with Gasteiger partial charge in [0.1, 0.15) is 0 Å². The van der Waals surface area contributed by atoms with Crippen molar-refractivity contribution in [3.8, 4) is 5.88 Å². The lowest BCUT2D eigenvalue weighted by Crippen LogP contribution is -2.59. The van der Waals surface area contributed by atoms with Gasteiger partial charge in [-0.25, -0.2) is 9.48 Å². The molecule has 37 heavy (non-hydrogen) atoms. The zero-order chi connectivity index (χ0) is 28.7. The smallest absolute Gasteiger partial charge is 0.405 e. The van der Waals surface area contributed by atoms with Crippen LogP contribution in [0.5, 0.6) is 5.88 Å². The summed E-state index contributed by atoms with van der Waals surface area (Å²) in [5.41, 5.74) is -1.15. The normalized spacial score (nSPS) is 13.9. The van der Waals surface area contributed by atoms with Gasteiger partial charge in [-0.05, 0) is 33.1 Å². The van der Waals surface area contributed by atoms with Gasteiger partial charge >= 0.3 is 21.3 Å². The Bertz CT molecular complexity index is 971. The summed E-state index contributed by atoms with van der Waals surface area (Å²) in [5, 5.41) is 16.1. The van der Waals surface area contributed by atoms with Gasteiger partial charge in [0.15, 0.2) is 5.78 Å². The lowest BCUT2D eigenvalue weighted by molar-refractivity contribution is -0.125. The van der Waals surface area contributed by atoms with E-state index in [1.165, 1.54) is 38.6 Å². The van der Waals surface area contributed by atoms with E-state index in [1.807, 2.05) is 0 Å². The van der Waals surface area contributed by atoms with Gasteiger partial charge < -0.3 is 33.3 Å². The number of aryl methyl sites for hydroxylation is 1. The van der Waals surface area contributed by atoms with Crippen molar-refractivity contribution in [3.63, 3.8) is 0 Å². The number of ether oxygens (including phenoxy) is 1. The Kier molecular flexibility index (Phi) is 12.0. The van der Waals surface area contributed by atoms with Crippen LogP contribution in [0, 0.1) is 5.41 Å². The van der Waals surface area contributed by atoms with Gasteiger partial charge in [0.2, 0.25) is 10.8 Å². The largest absolute Gasteiger partial charge is 0.481 e. The van der Waals surface area contributed by atoms with Gasteiger partial charge in [-0.2, -0.15) is 5.10 Å². The maximum Gasteiger partial charge on any atom is 0.405 e. The van der Waals surface area contributed by atoms with Crippen LogP contribution in [0.1, 0.15) is 54.2 Å². The molecule has 0 aliphatic carbocycles. The number of carbonyl (C=O) groups is 2. The van der Waals surface area contributed by atoms with Gasteiger partial charge in [0, 0.05) is 19.5 Å². The third-order valence-electron chi connectivity index (χ3n) is 5.50. The maximum atomic E-state index is 14.7. The second-order valence-electron chi connectivity index (χ2n) is 8.96. The molecule has 15 heteroatoms. The van der Waals surface area contributed by atoms with Crippen LogP contribution in [0.4, 0.5) is 4.79 Å². The molecule has 0 unspecified atom stereocenters. The van der Waals surface area contributed by atoms with E-state index in [2.05, 4.69) is 10.4 Å². The molecule has 0 saturated carbocycles. The summed E-state index contributed by atoms with van der Waals surface area (Å²) in [5.74, 6) is -0.662. The van der Waals surface area contributed by atoms with Crippen LogP contribution >= 0.6 is 15.2 Å². The van der Waals surface area contributed by atoms with E-state index in [0.29, 0.717) is 11.6 Å². The summed E-state index contributed by atoms with van der Waals surface area (Å²) in [6.07, 6.45) is -1.81. The minimum absolute atomic E-state index is 0.158. The minimum Gasteiger partial charge on any atom is -0.481 e. The summed E-state index contributed by atoms with van der Waals surface area (Å²) in [4.78, 5) is 23.9. The molecule has 0 bridgehead atoms. The fourth-order valence-electron chi connectivity index (χ4n) is 4.35. The fourth-order valence-corrected chi connectivity index (χ4v) is 11.0. The molecule has 1 rings (SSSR count). The Morgan fingerprint density at radius 1 is 1.00 bits per heavy atom. The Balaban J connectivity index is 4.10. The second kappa shape index (κ2) is 13.4.